The third kappa shape index (κ3) is 4.24. The van der Waals surface area contributed by atoms with Crippen LogP contribution in [0.3, 0.4) is 0 Å². The van der Waals surface area contributed by atoms with Crippen LogP contribution in [0.25, 0.3) is 10.8 Å². The second-order valence-electron chi connectivity index (χ2n) is 8.91. The van der Waals surface area contributed by atoms with Crippen molar-refractivity contribution in [1.29, 1.82) is 0 Å². The molecule has 0 unspecified atom stereocenters. The summed E-state index contributed by atoms with van der Waals surface area (Å²) in [6.45, 7) is 1.72. The van der Waals surface area contributed by atoms with E-state index in [4.69, 9.17) is 4.74 Å². The molecule has 0 atom stereocenters. The molecule has 38 heavy (non-hydrogen) atoms. The summed E-state index contributed by atoms with van der Waals surface area (Å²) in [5, 5.41) is 12.7. The monoisotopic (exact) mass is 509 g/mol. The minimum Gasteiger partial charge on any atom is -0.495 e. The molecule has 0 N–H and O–H groups in total. The zero-order valence-electron chi connectivity index (χ0n) is 20.7. The van der Waals surface area contributed by atoms with Crippen molar-refractivity contribution in [3.05, 3.63) is 111 Å². The molecule has 0 spiro atoms. The number of imide groups is 1. The van der Waals surface area contributed by atoms with Gasteiger partial charge in [0, 0.05) is 47.3 Å². The van der Waals surface area contributed by atoms with Gasteiger partial charge in [0.2, 0.25) is 0 Å². The van der Waals surface area contributed by atoms with Crippen molar-refractivity contribution >= 4 is 39.9 Å². The van der Waals surface area contributed by atoms with Crippen LogP contribution in [0.2, 0.25) is 0 Å². The van der Waals surface area contributed by atoms with E-state index in [2.05, 4.69) is 0 Å². The first kappa shape index (κ1) is 24.6. The summed E-state index contributed by atoms with van der Waals surface area (Å²) in [6.07, 6.45) is 0. The number of ether oxygens (including phenoxy) is 1. The van der Waals surface area contributed by atoms with E-state index in [1.807, 2.05) is 19.1 Å². The van der Waals surface area contributed by atoms with Crippen LogP contribution in [0.15, 0.2) is 78.9 Å². The smallest absolute Gasteiger partial charge is 0.270 e. The molecular weight excluding hydrogens is 486 g/mol. The van der Waals surface area contributed by atoms with E-state index >= 15 is 0 Å². The predicted molar refractivity (Wildman–Crippen MR) is 142 cm³/mol. The van der Waals surface area contributed by atoms with Crippen molar-refractivity contribution in [3.63, 3.8) is 0 Å². The molecule has 0 fully saturated rings. The van der Waals surface area contributed by atoms with Crippen molar-refractivity contribution in [2.45, 2.75) is 6.92 Å². The molecule has 0 aromatic heterocycles. The maximum absolute atomic E-state index is 13.7. The Hall–Kier alpha value is -5.05. The second kappa shape index (κ2) is 9.78. The molecule has 4 aromatic rings. The SMILES string of the molecule is COc1cc(C)ccc1N(CCN1C(=O)c2cccc3cccc(c23)C1=O)C(=O)c1cccc([N+](=O)[O-])c1. The molecule has 5 rings (SSSR count). The number of nitro benzene ring substituents is 1. The van der Waals surface area contributed by atoms with Crippen LogP contribution in [-0.2, 0) is 0 Å². The van der Waals surface area contributed by atoms with Crippen LogP contribution in [0.4, 0.5) is 11.4 Å². The summed E-state index contributed by atoms with van der Waals surface area (Å²) in [5.74, 6) is -1.01. The largest absolute Gasteiger partial charge is 0.495 e. The van der Waals surface area contributed by atoms with Gasteiger partial charge in [0.15, 0.2) is 0 Å². The molecule has 3 amide bonds. The van der Waals surface area contributed by atoms with Gasteiger partial charge in [-0.15, -0.1) is 0 Å². The van der Waals surface area contributed by atoms with Crippen molar-refractivity contribution in [2.24, 2.45) is 0 Å². The molecule has 9 nitrogen and oxygen atoms in total. The summed E-state index contributed by atoms with van der Waals surface area (Å²) in [7, 11) is 1.48. The van der Waals surface area contributed by atoms with Crippen molar-refractivity contribution < 1.29 is 24.0 Å². The molecular formula is C29H23N3O6. The molecule has 1 heterocycles. The Morgan fingerprint density at radius 3 is 2.24 bits per heavy atom. The first-order valence-corrected chi connectivity index (χ1v) is 11.9. The second-order valence-corrected chi connectivity index (χ2v) is 8.91. The van der Waals surface area contributed by atoms with Crippen molar-refractivity contribution in [2.75, 3.05) is 25.1 Å². The number of anilines is 1. The highest BCUT2D eigenvalue weighted by Gasteiger charge is 2.33. The molecule has 9 heteroatoms. The zero-order chi connectivity index (χ0) is 27.0. The van der Waals surface area contributed by atoms with E-state index < -0.39 is 22.6 Å². The first-order chi connectivity index (χ1) is 18.3. The molecule has 4 aromatic carbocycles. The fraction of sp³-hybridized carbons (Fsp3) is 0.138. The number of benzene rings is 4. The maximum Gasteiger partial charge on any atom is 0.270 e. The van der Waals surface area contributed by atoms with Gasteiger partial charge >= 0.3 is 0 Å². The lowest BCUT2D eigenvalue weighted by Crippen LogP contribution is -2.46. The van der Waals surface area contributed by atoms with Gasteiger partial charge in [-0.25, -0.2) is 0 Å². The average Bonchev–Trinajstić information content (AvgIpc) is 2.93. The van der Waals surface area contributed by atoms with Crippen molar-refractivity contribution in [1.82, 2.24) is 4.90 Å². The van der Waals surface area contributed by atoms with E-state index in [1.54, 1.807) is 42.5 Å². The van der Waals surface area contributed by atoms with Crippen LogP contribution < -0.4 is 9.64 Å². The highest BCUT2D eigenvalue weighted by atomic mass is 16.6. The number of rotatable bonds is 7. The van der Waals surface area contributed by atoms with Gasteiger partial charge in [-0.05, 0) is 48.2 Å². The van der Waals surface area contributed by atoms with E-state index in [1.165, 1.54) is 36.3 Å². The number of hydrogen-bond donors (Lipinski definition) is 0. The Morgan fingerprint density at radius 2 is 1.61 bits per heavy atom. The molecule has 0 radical (unpaired) electrons. The summed E-state index contributed by atoms with van der Waals surface area (Å²) >= 11 is 0. The van der Waals surface area contributed by atoms with Gasteiger partial charge in [-0.1, -0.05) is 36.4 Å². The molecule has 0 bridgehead atoms. The van der Waals surface area contributed by atoms with Gasteiger partial charge in [-0.3, -0.25) is 29.4 Å². The third-order valence-electron chi connectivity index (χ3n) is 6.58. The van der Waals surface area contributed by atoms with Gasteiger partial charge in [0.05, 0.1) is 17.7 Å². The van der Waals surface area contributed by atoms with Gasteiger partial charge in [0.1, 0.15) is 5.75 Å². The number of carbonyl (C=O) groups excluding carboxylic acids is 3. The highest BCUT2D eigenvalue weighted by Crippen LogP contribution is 2.33. The number of nitrogens with zero attached hydrogens (tertiary/aromatic N) is 3. The number of methoxy groups -OCH3 is 1. The van der Waals surface area contributed by atoms with Gasteiger partial charge in [-0.2, -0.15) is 0 Å². The number of carbonyl (C=O) groups is 3. The average molecular weight is 510 g/mol. The Morgan fingerprint density at radius 1 is 0.947 bits per heavy atom. The van der Waals surface area contributed by atoms with E-state index in [0.717, 1.165) is 15.8 Å². The van der Waals surface area contributed by atoms with Crippen LogP contribution in [-0.4, -0.2) is 47.7 Å². The number of amides is 3. The normalized spacial score (nSPS) is 12.5. The summed E-state index contributed by atoms with van der Waals surface area (Å²) in [4.78, 5) is 53.8. The van der Waals surface area contributed by atoms with Gasteiger partial charge in [0.25, 0.3) is 23.4 Å². The number of non-ortho nitro benzene ring substituents is 1. The topological polar surface area (TPSA) is 110 Å². The molecule has 190 valence electrons. The summed E-state index contributed by atoms with van der Waals surface area (Å²) in [6, 6.07) is 21.3. The molecule has 1 aliphatic heterocycles. The summed E-state index contributed by atoms with van der Waals surface area (Å²) < 4.78 is 5.52. The molecule has 0 saturated carbocycles. The summed E-state index contributed by atoms with van der Waals surface area (Å²) in [5.41, 5.74) is 2.02. The van der Waals surface area contributed by atoms with E-state index in [9.17, 15) is 24.5 Å². The Labute approximate surface area is 218 Å². The van der Waals surface area contributed by atoms with E-state index in [0.29, 0.717) is 28.0 Å². The number of nitro groups is 1. The quantitative estimate of drug-likeness (QED) is 0.197. The predicted octanol–water partition coefficient (Wildman–Crippen LogP) is 5.01. The van der Waals surface area contributed by atoms with E-state index in [-0.39, 0.29) is 24.3 Å². The highest BCUT2D eigenvalue weighted by molar-refractivity contribution is 6.25. The standard InChI is InChI=1S/C29H23N3O6/c1-18-12-13-24(25(16-18)38-2)30(27(33)20-8-3-9-21(17-20)32(36)37)14-15-31-28(34)22-10-4-6-19-7-5-11-23(26(19)22)29(31)35/h3-13,16-17H,14-15H2,1-2H3. The maximum atomic E-state index is 13.7. The Kier molecular flexibility index (Phi) is 6.34. The lowest BCUT2D eigenvalue weighted by Gasteiger charge is -2.30. The fourth-order valence-electron chi connectivity index (χ4n) is 4.73. The first-order valence-electron chi connectivity index (χ1n) is 11.9. The lowest BCUT2D eigenvalue weighted by molar-refractivity contribution is -0.384. The molecule has 0 saturated heterocycles. The number of hydrogen-bond acceptors (Lipinski definition) is 6. The number of aryl methyl sites for hydroxylation is 1. The van der Waals surface area contributed by atoms with Crippen LogP contribution in [0.5, 0.6) is 5.75 Å². The van der Waals surface area contributed by atoms with Gasteiger partial charge < -0.3 is 9.64 Å². The minimum absolute atomic E-state index is 0.0590. The Balaban J connectivity index is 1.52. The third-order valence-corrected chi connectivity index (χ3v) is 6.58. The fourth-order valence-corrected chi connectivity index (χ4v) is 4.73. The zero-order valence-corrected chi connectivity index (χ0v) is 20.7. The van der Waals surface area contributed by atoms with Crippen LogP contribution in [0.1, 0.15) is 36.6 Å². The minimum atomic E-state index is -0.573. The van der Waals surface area contributed by atoms with Crippen molar-refractivity contribution in [3.8, 4) is 5.75 Å². The van der Waals surface area contributed by atoms with Crippen LogP contribution >= 0.6 is 0 Å². The van der Waals surface area contributed by atoms with Crippen LogP contribution in [0, 0.1) is 17.0 Å². The Bertz CT molecular complexity index is 1580. The molecule has 1 aliphatic rings. The lowest BCUT2D eigenvalue weighted by atomic mass is 9.94. The molecule has 0 aliphatic carbocycles.